The van der Waals surface area contributed by atoms with Crippen LogP contribution in [0.1, 0.15) is 37.0 Å². The topological polar surface area (TPSA) is 70.7 Å². The van der Waals surface area contributed by atoms with E-state index in [0.717, 1.165) is 30.5 Å². The average molecular weight is 410 g/mol. The molecule has 2 amide bonds. The number of benzene rings is 2. The van der Waals surface area contributed by atoms with E-state index >= 15 is 0 Å². The highest BCUT2D eigenvalue weighted by atomic mass is 16.5. The molecule has 0 spiro atoms. The Kier molecular flexibility index (Phi) is 7.33. The summed E-state index contributed by atoms with van der Waals surface area (Å²) in [6, 6.07) is 15.1. The van der Waals surface area contributed by atoms with E-state index in [2.05, 4.69) is 34.7 Å². The fourth-order valence-corrected chi connectivity index (χ4v) is 3.67. The van der Waals surface area contributed by atoms with Crippen LogP contribution in [0.25, 0.3) is 0 Å². The van der Waals surface area contributed by atoms with Crippen molar-refractivity contribution in [3.8, 4) is 0 Å². The summed E-state index contributed by atoms with van der Waals surface area (Å²) in [6.45, 7) is 5.47. The Balaban J connectivity index is 1.53. The summed E-state index contributed by atoms with van der Waals surface area (Å²) < 4.78 is 5.26. The number of fused-ring (bicyclic) bond motifs is 1. The van der Waals surface area contributed by atoms with Crippen molar-refractivity contribution in [3.05, 3.63) is 65.2 Å². The largest absolute Gasteiger partial charge is 0.445 e. The molecule has 1 aliphatic rings. The maximum Gasteiger partial charge on any atom is 0.408 e. The lowest BCUT2D eigenvalue weighted by atomic mass is 9.99. The molecule has 3 rings (SSSR count). The highest BCUT2D eigenvalue weighted by molar-refractivity contribution is 5.85. The summed E-state index contributed by atoms with van der Waals surface area (Å²) in [5, 5.41) is 5.65. The molecule has 0 saturated heterocycles. The quantitative estimate of drug-likeness (QED) is 0.733. The lowest BCUT2D eigenvalue weighted by Gasteiger charge is -2.28. The van der Waals surface area contributed by atoms with Crippen LogP contribution in [0.4, 0.5) is 10.5 Å². The van der Waals surface area contributed by atoms with Crippen molar-refractivity contribution in [1.82, 2.24) is 10.6 Å². The molecule has 0 bridgehead atoms. The Morgan fingerprint density at radius 2 is 1.87 bits per heavy atom. The van der Waals surface area contributed by atoms with E-state index in [4.69, 9.17) is 4.74 Å². The molecule has 0 aliphatic carbocycles. The average Bonchev–Trinajstić information content (AvgIpc) is 2.75. The number of carbonyl (C=O) groups excluding carboxylic acids is 2. The fraction of sp³-hybridized carbons (Fsp3) is 0.417. The van der Waals surface area contributed by atoms with Crippen molar-refractivity contribution in [3.63, 3.8) is 0 Å². The maximum atomic E-state index is 12.7. The van der Waals surface area contributed by atoms with Crippen molar-refractivity contribution in [2.24, 2.45) is 5.92 Å². The van der Waals surface area contributed by atoms with Crippen LogP contribution in [0, 0.1) is 5.92 Å². The predicted octanol–water partition coefficient (Wildman–Crippen LogP) is 3.64. The Labute approximate surface area is 178 Å². The van der Waals surface area contributed by atoms with E-state index in [-0.39, 0.29) is 18.4 Å². The zero-order chi connectivity index (χ0) is 21.5. The molecule has 6 heteroatoms. The Bertz CT molecular complexity index is 867. The van der Waals surface area contributed by atoms with E-state index in [9.17, 15) is 9.59 Å². The van der Waals surface area contributed by atoms with Gasteiger partial charge in [0.15, 0.2) is 0 Å². The number of aryl methyl sites for hydroxylation is 1. The molecule has 2 N–H and O–H groups in total. The molecule has 1 atom stereocenters. The van der Waals surface area contributed by atoms with Gasteiger partial charge < -0.3 is 20.3 Å². The molecule has 0 saturated carbocycles. The maximum absolute atomic E-state index is 12.7. The zero-order valence-electron chi connectivity index (χ0n) is 18.0. The summed E-state index contributed by atoms with van der Waals surface area (Å²) in [5.74, 6) is -0.275. The SMILES string of the molecule is CC(C)[C@@H](NC(=O)OCc1ccccc1)C(=O)NCc1ccc2c(c1)CCCN2C. The first-order valence-corrected chi connectivity index (χ1v) is 10.5. The molecule has 0 unspecified atom stereocenters. The molecule has 0 fully saturated rings. The van der Waals surface area contributed by atoms with Gasteiger partial charge >= 0.3 is 6.09 Å². The van der Waals surface area contributed by atoms with Gasteiger partial charge in [-0.3, -0.25) is 4.79 Å². The lowest BCUT2D eigenvalue weighted by molar-refractivity contribution is -0.124. The fourth-order valence-electron chi connectivity index (χ4n) is 3.67. The molecule has 160 valence electrons. The number of rotatable bonds is 7. The second-order valence-corrected chi connectivity index (χ2v) is 8.13. The van der Waals surface area contributed by atoms with E-state index < -0.39 is 12.1 Å². The van der Waals surface area contributed by atoms with Crippen LogP contribution in [0.15, 0.2) is 48.5 Å². The number of nitrogens with one attached hydrogen (secondary N) is 2. The van der Waals surface area contributed by atoms with Crippen LogP contribution in [0.3, 0.4) is 0 Å². The van der Waals surface area contributed by atoms with Gasteiger partial charge in [-0.25, -0.2) is 4.79 Å². The first kappa shape index (κ1) is 21.7. The highest BCUT2D eigenvalue weighted by Crippen LogP contribution is 2.26. The van der Waals surface area contributed by atoms with E-state index in [1.54, 1.807) is 0 Å². The van der Waals surface area contributed by atoms with Gasteiger partial charge in [0.25, 0.3) is 0 Å². The normalized spacial score (nSPS) is 14.1. The molecule has 0 radical (unpaired) electrons. The third-order valence-electron chi connectivity index (χ3n) is 5.40. The van der Waals surface area contributed by atoms with Gasteiger partial charge in [0.1, 0.15) is 12.6 Å². The van der Waals surface area contributed by atoms with Crippen molar-refractivity contribution in [1.29, 1.82) is 0 Å². The van der Waals surface area contributed by atoms with Gasteiger partial charge in [-0.1, -0.05) is 56.3 Å². The Hall–Kier alpha value is -3.02. The first-order chi connectivity index (χ1) is 14.4. The summed E-state index contributed by atoms with van der Waals surface area (Å²) in [4.78, 5) is 27.2. The summed E-state index contributed by atoms with van der Waals surface area (Å²) in [7, 11) is 2.11. The molecule has 30 heavy (non-hydrogen) atoms. The smallest absolute Gasteiger partial charge is 0.408 e. The number of hydrogen-bond donors (Lipinski definition) is 2. The van der Waals surface area contributed by atoms with Crippen LogP contribution in [0.5, 0.6) is 0 Å². The van der Waals surface area contributed by atoms with Crippen LogP contribution >= 0.6 is 0 Å². The minimum absolute atomic E-state index is 0.0635. The lowest BCUT2D eigenvalue weighted by Crippen LogP contribution is -2.49. The molecule has 1 aliphatic heterocycles. The molecule has 6 nitrogen and oxygen atoms in total. The third kappa shape index (κ3) is 5.75. The van der Waals surface area contributed by atoms with Crippen LogP contribution in [0.2, 0.25) is 0 Å². The number of alkyl carbamates (subject to hydrolysis) is 1. The number of anilines is 1. The number of ether oxygens (including phenoxy) is 1. The first-order valence-electron chi connectivity index (χ1n) is 10.5. The number of carbonyl (C=O) groups is 2. The number of nitrogens with zero attached hydrogens (tertiary/aromatic N) is 1. The highest BCUT2D eigenvalue weighted by Gasteiger charge is 2.25. The predicted molar refractivity (Wildman–Crippen MR) is 118 cm³/mol. The van der Waals surface area contributed by atoms with Gasteiger partial charge in [-0.2, -0.15) is 0 Å². The monoisotopic (exact) mass is 409 g/mol. The molecule has 0 aromatic heterocycles. The number of hydrogen-bond acceptors (Lipinski definition) is 4. The summed E-state index contributed by atoms with van der Waals surface area (Å²) in [5.41, 5.74) is 4.54. The minimum atomic E-state index is -0.656. The van der Waals surface area contributed by atoms with Crippen LogP contribution in [-0.2, 0) is 29.1 Å². The standard InChI is InChI=1S/C24H31N3O3/c1-17(2)22(26-24(29)30-16-18-8-5-4-6-9-18)23(28)25-15-19-11-12-21-20(14-19)10-7-13-27(21)3/h4-6,8-9,11-12,14,17,22H,7,10,13,15-16H2,1-3H3,(H,25,28)(H,26,29)/t22-/m1/s1. The van der Waals surface area contributed by atoms with Gasteiger partial charge in [0, 0.05) is 25.8 Å². The van der Waals surface area contributed by atoms with Gasteiger partial charge in [0.05, 0.1) is 0 Å². The Morgan fingerprint density at radius 3 is 2.60 bits per heavy atom. The zero-order valence-corrected chi connectivity index (χ0v) is 18.0. The van der Waals surface area contributed by atoms with E-state index in [1.807, 2.05) is 50.2 Å². The summed E-state index contributed by atoms with van der Waals surface area (Å²) >= 11 is 0. The van der Waals surface area contributed by atoms with E-state index in [0.29, 0.717) is 6.54 Å². The molecule has 2 aromatic carbocycles. The Morgan fingerprint density at radius 1 is 1.10 bits per heavy atom. The second kappa shape index (κ2) is 10.1. The van der Waals surface area contributed by atoms with Crippen LogP contribution < -0.4 is 15.5 Å². The minimum Gasteiger partial charge on any atom is -0.445 e. The molecular weight excluding hydrogens is 378 g/mol. The number of amides is 2. The van der Waals surface area contributed by atoms with Crippen LogP contribution in [-0.4, -0.2) is 31.6 Å². The molecule has 1 heterocycles. The van der Waals surface area contributed by atoms with Gasteiger partial charge in [-0.15, -0.1) is 0 Å². The van der Waals surface area contributed by atoms with Crippen molar-refractivity contribution >= 4 is 17.7 Å². The third-order valence-corrected chi connectivity index (χ3v) is 5.40. The van der Waals surface area contributed by atoms with Crippen molar-refractivity contribution < 1.29 is 14.3 Å². The summed E-state index contributed by atoms with van der Waals surface area (Å²) in [6.07, 6.45) is 1.61. The van der Waals surface area contributed by atoms with E-state index in [1.165, 1.54) is 11.3 Å². The molecular formula is C24H31N3O3. The van der Waals surface area contributed by atoms with Gasteiger partial charge in [-0.05, 0) is 41.5 Å². The second-order valence-electron chi connectivity index (χ2n) is 8.13. The van der Waals surface area contributed by atoms with Crippen molar-refractivity contribution in [2.45, 2.75) is 45.9 Å². The van der Waals surface area contributed by atoms with Crippen molar-refractivity contribution in [2.75, 3.05) is 18.5 Å². The molecule has 2 aromatic rings. The van der Waals surface area contributed by atoms with Gasteiger partial charge in [0.2, 0.25) is 5.91 Å².